The highest BCUT2D eigenvalue weighted by atomic mass is 16.7. The van der Waals surface area contributed by atoms with Crippen molar-refractivity contribution in [3.05, 3.63) is 23.3 Å². The summed E-state index contributed by atoms with van der Waals surface area (Å²) in [5, 5.41) is 21.0. The van der Waals surface area contributed by atoms with E-state index in [1.54, 1.807) is 13.8 Å². The molecule has 0 aromatic carbocycles. The maximum Gasteiger partial charge on any atom is 0.160 e. The van der Waals surface area contributed by atoms with Crippen LogP contribution >= 0.6 is 0 Å². The minimum absolute atomic E-state index is 0.138. The Hall–Kier alpha value is -1.12. The summed E-state index contributed by atoms with van der Waals surface area (Å²) in [4.78, 5) is 0. The molecule has 0 spiro atoms. The van der Waals surface area contributed by atoms with E-state index in [4.69, 9.17) is 9.47 Å². The minimum Gasteiger partial charge on any atom is -0.385 e. The van der Waals surface area contributed by atoms with Gasteiger partial charge in [-0.1, -0.05) is 43.4 Å². The molecule has 4 nitrogen and oxygen atoms in total. The van der Waals surface area contributed by atoms with Gasteiger partial charge in [0.2, 0.25) is 0 Å². The van der Waals surface area contributed by atoms with E-state index in [0.29, 0.717) is 0 Å². The second-order valence-corrected chi connectivity index (χ2v) is 8.48. The molecule has 0 bridgehead atoms. The highest BCUT2D eigenvalue weighted by molar-refractivity contribution is 5.34. The Morgan fingerprint density at radius 2 is 1.85 bits per heavy atom. The van der Waals surface area contributed by atoms with Crippen LogP contribution in [0.25, 0.3) is 0 Å². The summed E-state index contributed by atoms with van der Waals surface area (Å²) in [6, 6.07) is 0. The molecule has 1 aliphatic rings. The number of hydrogen-bond donors (Lipinski definition) is 2. The van der Waals surface area contributed by atoms with Gasteiger partial charge in [0.15, 0.2) is 6.29 Å². The topological polar surface area (TPSA) is 58.9 Å². The van der Waals surface area contributed by atoms with Crippen molar-refractivity contribution in [1.82, 2.24) is 0 Å². The van der Waals surface area contributed by atoms with Crippen LogP contribution in [-0.4, -0.2) is 41.9 Å². The van der Waals surface area contributed by atoms with Crippen molar-refractivity contribution in [2.24, 2.45) is 5.41 Å². The molecule has 2 atom stereocenters. The van der Waals surface area contributed by atoms with E-state index in [1.807, 2.05) is 6.08 Å². The first-order valence-electron chi connectivity index (χ1n) is 9.32. The van der Waals surface area contributed by atoms with Gasteiger partial charge in [0.05, 0.1) is 5.60 Å². The number of ether oxygens (including phenoxy) is 2. The Kier molecular flexibility index (Phi) is 8.10. The second kappa shape index (κ2) is 9.19. The van der Waals surface area contributed by atoms with Crippen LogP contribution in [0.5, 0.6) is 0 Å². The molecule has 4 heteroatoms. The molecular weight excluding hydrogens is 328 g/mol. The smallest absolute Gasteiger partial charge is 0.160 e. The molecule has 0 aliphatic heterocycles. The molecule has 2 unspecified atom stereocenters. The summed E-state index contributed by atoms with van der Waals surface area (Å²) in [6.07, 6.45) is 7.36. The Bertz CT molecular complexity index is 581. The third-order valence-corrected chi connectivity index (χ3v) is 5.05. The number of rotatable bonds is 7. The van der Waals surface area contributed by atoms with E-state index in [2.05, 4.69) is 38.7 Å². The van der Waals surface area contributed by atoms with E-state index in [9.17, 15) is 10.2 Å². The van der Waals surface area contributed by atoms with Crippen LogP contribution < -0.4 is 0 Å². The van der Waals surface area contributed by atoms with Crippen molar-refractivity contribution < 1.29 is 19.7 Å². The van der Waals surface area contributed by atoms with Crippen LogP contribution in [-0.2, 0) is 9.47 Å². The molecule has 0 fully saturated rings. The fraction of sp³-hybridized carbons (Fsp3) is 0.727. The van der Waals surface area contributed by atoms with Crippen molar-refractivity contribution in [3.63, 3.8) is 0 Å². The second-order valence-electron chi connectivity index (χ2n) is 8.48. The van der Waals surface area contributed by atoms with Crippen LogP contribution in [0.1, 0.15) is 66.7 Å². The van der Waals surface area contributed by atoms with E-state index in [-0.39, 0.29) is 18.3 Å². The van der Waals surface area contributed by atoms with E-state index in [1.165, 1.54) is 31.8 Å². The summed E-state index contributed by atoms with van der Waals surface area (Å²) >= 11 is 0. The molecule has 0 saturated heterocycles. The molecule has 0 aromatic rings. The van der Waals surface area contributed by atoms with Gasteiger partial charge in [-0.3, -0.25) is 0 Å². The van der Waals surface area contributed by atoms with Gasteiger partial charge < -0.3 is 19.7 Å². The molecule has 148 valence electrons. The van der Waals surface area contributed by atoms with E-state index < -0.39 is 17.5 Å². The standard InChI is InChI=1S/C22H36O4/c1-17-10-8-12-20(2,3)18(17)11-15-21(4,23)13-9-14-22(5,24)16-19(25-6)26-7/h11,15,19,23-24H,8,10,12-13,16H2,1-7H3/b15-11+. The van der Waals surface area contributed by atoms with Crippen LogP contribution in [0.4, 0.5) is 0 Å². The van der Waals surface area contributed by atoms with E-state index >= 15 is 0 Å². The molecule has 0 heterocycles. The van der Waals surface area contributed by atoms with Crippen LogP contribution in [0.15, 0.2) is 23.3 Å². The van der Waals surface area contributed by atoms with Crippen LogP contribution in [0, 0.1) is 17.3 Å². The molecular formula is C22H36O4. The van der Waals surface area contributed by atoms with Gasteiger partial charge >= 0.3 is 0 Å². The minimum atomic E-state index is -1.24. The third kappa shape index (κ3) is 7.25. The number of allylic oxidation sites excluding steroid dienone is 3. The summed E-state index contributed by atoms with van der Waals surface area (Å²) in [5.41, 5.74) is 0.561. The lowest BCUT2D eigenvalue weighted by Gasteiger charge is -2.33. The SMILES string of the molecule is COC(CC(C)(O)C#CCC(C)(O)/C=C/C1=C(C)CCCC1(C)C)OC. The molecule has 26 heavy (non-hydrogen) atoms. The van der Waals surface area contributed by atoms with Gasteiger partial charge in [0.1, 0.15) is 5.60 Å². The molecule has 1 rings (SSSR count). The lowest BCUT2D eigenvalue weighted by atomic mass is 9.72. The van der Waals surface area contributed by atoms with Gasteiger partial charge in [-0.05, 0) is 51.0 Å². The fourth-order valence-corrected chi connectivity index (χ4v) is 3.38. The zero-order chi connectivity index (χ0) is 20.0. The largest absolute Gasteiger partial charge is 0.385 e. The van der Waals surface area contributed by atoms with Gasteiger partial charge in [-0.2, -0.15) is 0 Å². The molecule has 0 amide bonds. The lowest BCUT2D eigenvalue weighted by Crippen LogP contribution is -2.30. The van der Waals surface area contributed by atoms with Crippen LogP contribution in [0.3, 0.4) is 0 Å². The van der Waals surface area contributed by atoms with Crippen molar-refractivity contribution in [3.8, 4) is 11.8 Å². The van der Waals surface area contributed by atoms with Gasteiger partial charge in [0, 0.05) is 27.1 Å². The Morgan fingerprint density at radius 3 is 2.38 bits per heavy atom. The normalized spacial score (nSPS) is 22.1. The average Bonchev–Trinajstić information content (AvgIpc) is 2.51. The predicted octanol–water partition coefficient (Wildman–Crippen LogP) is 3.97. The number of aliphatic hydroxyl groups is 2. The molecule has 0 aromatic heterocycles. The maximum atomic E-state index is 10.6. The zero-order valence-corrected chi connectivity index (χ0v) is 17.5. The highest BCUT2D eigenvalue weighted by Gasteiger charge is 2.28. The van der Waals surface area contributed by atoms with Crippen molar-refractivity contribution in [2.45, 2.75) is 84.2 Å². The van der Waals surface area contributed by atoms with Gasteiger partial charge in [0.25, 0.3) is 0 Å². The Balaban J connectivity index is 2.78. The van der Waals surface area contributed by atoms with Gasteiger partial charge in [-0.25, -0.2) is 0 Å². The van der Waals surface area contributed by atoms with E-state index in [0.717, 1.165) is 12.8 Å². The molecule has 0 radical (unpaired) electrons. The molecule has 2 N–H and O–H groups in total. The van der Waals surface area contributed by atoms with Crippen molar-refractivity contribution in [1.29, 1.82) is 0 Å². The third-order valence-electron chi connectivity index (χ3n) is 5.05. The molecule has 1 aliphatic carbocycles. The predicted molar refractivity (Wildman–Crippen MR) is 106 cm³/mol. The Morgan fingerprint density at radius 1 is 1.23 bits per heavy atom. The summed E-state index contributed by atoms with van der Waals surface area (Å²) < 4.78 is 10.2. The Labute approximate surface area is 159 Å². The first-order chi connectivity index (χ1) is 11.9. The summed E-state index contributed by atoms with van der Waals surface area (Å²) in [7, 11) is 3.05. The number of hydrogen-bond acceptors (Lipinski definition) is 4. The van der Waals surface area contributed by atoms with Gasteiger partial charge in [-0.15, -0.1) is 0 Å². The van der Waals surface area contributed by atoms with Crippen molar-refractivity contribution in [2.75, 3.05) is 14.2 Å². The van der Waals surface area contributed by atoms with Crippen molar-refractivity contribution >= 4 is 0 Å². The number of methoxy groups -OCH3 is 2. The molecule has 0 saturated carbocycles. The monoisotopic (exact) mass is 364 g/mol. The average molecular weight is 365 g/mol. The van der Waals surface area contributed by atoms with Crippen LogP contribution in [0.2, 0.25) is 0 Å². The summed E-state index contributed by atoms with van der Waals surface area (Å²) in [5.74, 6) is 5.73. The zero-order valence-electron chi connectivity index (χ0n) is 17.5. The highest BCUT2D eigenvalue weighted by Crippen LogP contribution is 2.41. The maximum absolute atomic E-state index is 10.6. The summed E-state index contributed by atoms with van der Waals surface area (Å²) in [6.45, 7) is 10.0. The first kappa shape index (κ1) is 22.9. The first-order valence-corrected chi connectivity index (χ1v) is 9.32. The lowest BCUT2D eigenvalue weighted by molar-refractivity contribution is -0.129. The quantitative estimate of drug-likeness (QED) is 0.530. The fourth-order valence-electron chi connectivity index (χ4n) is 3.38.